The molecule has 1 aromatic heterocycles. The Hall–Kier alpha value is -2.62. The number of nitrogens with zero attached hydrogens (tertiary/aromatic N) is 2. The highest BCUT2D eigenvalue weighted by molar-refractivity contribution is 7.85. The van der Waals surface area contributed by atoms with Gasteiger partial charge in [0.2, 0.25) is 5.95 Å². The quantitative estimate of drug-likeness (QED) is 0.616. The van der Waals surface area contributed by atoms with Crippen LogP contribution in [0.2, 0.25) is 0 Å². The third-order valence-electron chi connectivity index (χ3n) is 3.10. The molecule has 10 heteroatoms. The topological polar surface area (TPSA) is 98.2 Å². The second kappa shape index (κ2) is 7.51. The molecule has 1 N–H and O–H groups in total. The first-order valence-electron chi connectivity index (χ1n) is 7.18. The number of hydrogen-bond acceptors (Lipinski definition) is 7. The first-order valence-corrected chi connectivity index (χ1v) is 8.73. The zero-order valence-corrected chi connectivity index (χ0v) is 14.2. The van der Waals surface area contributed by atoms with Crippen molar-refractivity contribution < 1.29 is 26.2 Å². The molecule has 0 amide bonds. The predicted molar refractivity (Wildman–Crippen MR) is 86.1 cm³/mol. The minimum atomic E-state index is -4.87. The van der Waals surface area contributed by atoms with Crippen molar-refractivity contribution in [2.24, 2.45) is 0 Å². The molecule has 0 aliphatic carbocycles. The number of benzene rings is 1. The lowest BCUT2D eigenvalue weighted by molar-refractivity contribution is 0.0524. The SMILES string of the molecule is CCOC(=O)c1cnc(Nc2ccc(F)c(CS(=O)(=O)F)c2)nc1C. The molecule has 1 aromatic carbocycles. The highest BCUT2D eigenvalue weighted by Crippen LogP contribution is 2.20. The van der Waals surface area contributed by atoms with Gasteiger partial charge in [-0.1, -0.05) is 0 Å². The number of aryl methyl sites for hydroxylation is 1. The van der Waals surface area contributed by atoms with Crippen LogP contribution in [-0.2, 0) is 20.7 Å². The summed E-state index contributed by atoms with van der Waals surface area (Å²) in [5, 5.41) is 2.74. The molecule has 0 spiro atoms. The summed E-state index contributed by atoms with van der Waals surface area (Å²) in [6, 6.07) is 3.47. The maximum Gasteiger partial charge on any atom is 0.341 e. The molecule has 0 saturated heterocycles. The van der Waals surface area contributed by atoms with E-state index in [2.05, 4.69) is 15.3 Å². The summed E-state index contributed by atoms with van der Waals surface area (Å²) in [5.74, 6) is -2.37. The largest absolute Gasteiger partial charge is 0.462 e. The second-order valence-corrected chi connectivity index (χ2v) is 6.39. The number of hydrogen-bond donors (Lipinski definition) is 1. The van der Waals surface area contributed by atoms with Crippen LogP contribution in [0.4, 0.5) is 19.9 Å². The lowest BCUT2D eigenvalue weighted by Crippen LogP contribution is -2.10. The van der Waals surface area contributed by atoms with E-state index in [9.17, 15) is 21.5 Å². The maximum atomic E-state index is 13.6. The van der Waals surface area contributed by atoms with Crippen LogP contribution in [0, 0.1) is 12.7 Å². The molecule has 2 rings (SSSR count). The van der Waals surface area contributed by atoms with Crippen LogP contribution >= 0.6 is 0 Å². The second-order valence-electron chi connectivity index (χ2n) is 5.03. The zero-order valence-electron chi connectivity index (χ0n) is 13.4. The monoisotopic (exact) mass is 371 g/mol. The van der Waals surface area contributed by atoms with E-state index in [0.717, 1.165) is 12.1 Å². The maximum absolute atomic E-state index is 13.6. The molecule has 2 aromatic rings. The number of carbonyl (C=O) groups excluding carboxylic acids is 1. The number of esters is 1. The molecule has 0 radical (unpaired) electrons. The minimum Gasteiger partial charge on any atom is -0.462 e. The van der Waals surface area contributed by atoms with Crippen LogP contribution in [0.3, 0.4) is 0 Å². The van der Waals surface area contributed by atoms with E-state index in [1.165, 1.54) is 12.3 Å². The summed E-state index contributed by atoms with van der Waals surface area (Å²) in [7, 11) is -4.87. The lowest BCUT2D eigenvalue weighted by Gasteiger charge is -2.09. The van der Waals surface area contributed by atoms with Gasteiger partial charge in [-0.15, -0.1) is 3.89 Å². The highest BCUT2D eigenvalue weighted by atomic mass is 32.3. The Balaban J connectivity index is 2.24. The Bertz CT molecular complexity index is 904. The summed E-state index contributed by atoms with van der Waals surface area (Å²) in [5.41, 5.74) is 0.510. The van der Waals surface area contributed by atoms with E-state index in [-0.39, 0.29) is 29.4 Å². The molecule has 0 aliphatic heterocycles. The van der Waals surface area contributed by atoms with Crippen LogP contribution in [0.1, 0.15) is 28.5 Å². The first-order chi connectivity index (χ1) is 11.7. The molecule has 25 heavy (non-hydrogen) atoms. The van der Waals surface area contributed by atoms with Crippen LogP contribution < -0.4 is 5.32 Å². The number of ether oxygens (including phenoxy) is 1. The third kappa shape index (κ3) is 5.18. The van der Waals surface area contributed by atoms with Gasteiger partial charge in [0.25, 0.3) is 0 Å². The summed E-state index contributed by atoms with van der Waals surface area (Å²) in [4.78, 5) is 19.7. The highest BCUT2D eigenvalue weighted by Gasteiger charge is 2.15. The molecule has 1 heterocycles. The summed E-state index contributed by atoms with van der Waals surface area (Å²) in [6.07, 6.45) is 1.28. The van der Waals surface area contributed by atoms with Gasteiger partial charge in [-0.2, -0.15) is 8.42 Å². The molecule has 0 bridgehead atoms. The van der Waals surface area contributed by atoms with Gasteiger partial charge in [-0.05, 0) is 32.0 Å². The Kier molecular flexibility index (Phi) is 5.62. The van der Waals surface area contributed by atoms with Crippen LogP contribution in [0.15, 0.2) is 24.4 Å². The first kappa shape index (κ1) is 18.7. The zero-order chi connectivity index (χ0) is 18.6. The van der Waals surface area contributed by atoms with E-state index in [1.54, 1.807) is 13.8 Å². The van der Waals surface area contributed by atoms with Gasteiger partial charge in [-0.25, -0.2) is 19.2 Å². The molecule has 134 valence electrons. The van der Waals surface area contributed by atoms with Crippen molar-refractivity contribution in [2.45, 2.75) is 19.6 Å². The molecule has 0 unspecified atom stereocenters. The third-order valence-corrected chi connectivity index (χ3v) is 3.76. The average molecular weight is 371 g/mol. The fourth-order valence-corrected chi connectivity index (χ4v) is 2.61. The van der Waals surface area contributed by atoms with Gasteiger partial charge >= 0.3 is 16.2 Å². The van der Waals surface area contributed by atoms with Crippen molar-refractivity contribution in [3.8, 4) is 0 Å². The summed E-state index contributed by atoms with van der Waals surface area (Å²) < 4.78 is 52.6. The molecular weight excluding hydrogens is 356 g/mol. The van der Waals surface area contributed by atoms with Crippen LogP contribution in [0.25, 0.3) is 0 Å². The standard InChI is InChI=1S/C15H15F2N3O4S/c1-3-24-14(21)12-7-18-15(19-9(12)2)20-11-4-5-13(16)10(6-11)8-25(17,22)23/h4-7H,3,8H2,1-2H3,(H,18,19,20). The van der Waals surface area contributed by atoms with E-state index >= 15 is 0 Å². The Morgan fingerprint density at radius 1 is 1.36 bits per heavy atom. The van der Waals surface area contributed by atoms with E-state index in [1.807, 2.05) is 0 Å². The molecule has 0 fully saturated rings. The van der Waals surface area contributed by atoms with Gasteiger partial charge in [-0.3, -0.25) is 0 Å². The normalized spacial score (nSPS) is 11.2. The van der Waals surface area contributed by atoms with Crippen molar-refractivity contribution in [1.29, 1.82) is 0 Å². The smallest absolute Gasteiger partial charge is 0.341 e. The van der Waals surface area contributed by atoms with Gasteiger partial charge in [0.15, 0.2) is 0 Å². The van der Waals surface area contributed by atoms with Crippen molar-refractivity contribution in [3.05, 3.63) is 47.0 Å². The minimum absolute atomic E-state index is 0.103. The van der Waals surface area contributed by atoms with Gasteiger partial charge in [0.1, 0.15) is 11.6 Å². The number of carbonyl (C=O) groups is 1. The fourth-order valence-electron chi connectivity index (χ4n) is 2.01. The van der Waals surface area contributed by atoms with Gasteiger partial charge in [0, 0.05) is 17.4 Å². The van der Waals surface area contributed by atoms with Crippen molar-refractivity contribution in [2.75, 3.05) is 11.9 Å². The average Bonchev–Trinajstić information content (AvgIpc) is 2.49. The molecule has 0 aliphatic rings. The molecule has 0 saturated carbocycles. The summed E-state index contributed by atoms with van der Waals surface area (Å²) in [6.45, 7) is 3.48. The fraction of sp³-hybridized carbons (Fsp3) is 0.267. The predicted octanol–water partition coefficient (Wildman–Crippen LogP) is 2.64. The molecule has 0 atom stereocenters. The van der Waals surface area contributed by atoms with E-state index in [0.29, 0.717) is 5.69 Å². The summed E-state index contributed by atoms with van der Waals surface area (Å²) >= 11 is 0. The van der Waals surface area contributed by atoms with E-state index < -0.39 is 27.8 Å². The molecular formula is C15H15F2N3O4S. The van der Waals surface area contributed by atoms with Crippen molar-refractivity contribution in [1.82, 2.24) is 9.97 Å². The number of anilines is 2. The molecule has 7 nitrogen and oxygen atoms in total. The number of nitrogens with one attached hydrogen (secondary N) is 1. The lowest BCUT2D eigenvalue weighted by atomic mass is 10.2. The number of halogens is 2. The van der Waals surface area contributed by atoms with Crippen LogP contribution in [-0.4, -0.2) is 31.0 Å². The Morgan fingerprint density at radius 2 is 2.08 bits per heavy atom. The number of rotatable bonds is 6. The Labute approximate surface area is 143 Å². The van der Waals surface area contributed by atoms with Crippen molar-refractivity contribution in [3.63, 3.8) is 0 Å². The number of aromatic nitrogens is 2. The van der Waals surface area contributed by atoms with Gasteiger partial charge in [0.05, 0.1) is 17.9 Å². The van der Waals surface area contributed by atoms with E-state index in [4.69, 9.17) is 4.74 Å². The van der Waals surface area contributed by atoms with Crippen LogP contribution in [0.5, 0.6) is 0 Å². The Morgan fingerprint density at radius 3 is 2.68 bits per heavy atom. The van der Waals surface area contributed by atoms with Gasteiger partial charge < -0.3 is 10.1 Å². The van der Waals surface area contributed by atoms with Crippen molar-refractivity contribution >= 4 is 27.8 Å².